The molecule has 0 spiro atoms. The zero-order chi connectivity index (χ0) is 26.6. The number of benzene rings is 2. The van der Waals surface area contributed by atoms with Gasteiger partial charge in [0.25, 0.3) is 5.56 Å². The minimum Gasteiger partial charge on any atom is -0.379 e. The lowest BCUT2D eigenvalue weighted by Gasteiger charge is -2.26. The molecule has 1 aliphatic rings. The summed E-state index contributed by atoms with van der Waals surface area (Å²) < 4.78 is 30.1. The first-order chi connectivity index (χ1) is 17.6. The summed E-state index contributed by atoms with van der Waals surface area (Å²) in [6, 6.07) is 16.2. The fourth-order valence-corrected chi connectivity index (χ4v) is 5.88. The van der Waals surface area contributed by atoms with Gasteiger partial charge in [-0.2, -0.15) is 0 Å². The number of carbonyl (C=O) groups is 1. The van der Waals surface area contributed by atoms with Gasteiger partial charge in [0.15, 0.2) is 15.6 Å². The molecule has 1 aliphatic heterocycles. The van der Waals surface area contributed by atoms with Gasteiger partial charge >= 0.3 is 0 Å². The van der Waals surface area contributed by atoms with E-state index in [2.05, 4.69) is 29.2 Å². The van der Waals surface area contributed by atoms with Crippen molar-refractivity contribution < 1.29 is 17.9 Å². The molecule has 7 nitrogen and oxygen atoms in total. The molecule has 1 fully saturated rings. The lowest BCUT2D eigenvalue weighted by molar-refractivity contribution is -0.121. The number of pyridine rings is 1. The van der Waals surface area contributed by atoms with E-state index in [0.29, 0.717) is 5.39 Å². The maximum absolute atomic E-state index is 13.1. The van der Waals surface area contributed by atoms with Crippen LogP contribution in [-0.2, 0) is 32.3 Å². The number of nitrogens with zero attached hydrogens (tertiary/aromatic N) is 2. The summed E-state index contributed by atoms with van der Waals surface area (Å²) in [6.07, 6.45) is 3.96. The fraction of sp³-hybridized carbons (Fsp3) is 0.448. The number of hydrogen-bond acceptors (Lipinski definition) is 6. The number of aryl methyl sites for hydroxylation is 1. The molecule has 3 aromatic rings. The Bertz CT molecular complexity index is 1420. The van der Waals surface area contributed by atoms with Crippen LogP contribution in [-0.4, -0.2) is 67.5 Å². The van der Waals surface area contributed by atoms with Crippen molar-refractivity contribution in [2.75, 3.05) is 39.1 Å². The maximum Gasteiger partial charge on any atom is 0.258 e. The molecule has 37 heavy (non-hydrogen) atoms. The van der Waals surface area contributed by atoms with Gasteiger partial charge in [-0.3, -0.25) is 14.5 Å². The molecule has 198 valence electrons. The number of ketones is 1. The molecule has 2 aromatic carbocycles. The summed E-state index contributed by atoms with van der Waals surface area (Å²) in [6.45, 7) is 7.90. The van der Waals surface area contributed by atoms with E-state index in [1.165, 1.54) is 17.1 Å². The number of rotatable bonds is 10. The Balaban J connectivity index is 1.49. The molecule has 0 amide bonds. The minimum atomic E-state index is -3.62. The second-order valence-electron chi connectivity index (χ2n) is 10.0. The Hall–Kier alpha value is -2.81. The predicted octanol–water partition coefficient (Wildman–Crippen LogP) is 3.72. The number of fused-ring (bicyclic) bond motifs is 1. The van der Waals surface area contributed by atoms with Crippen LogP contribution in [0.4, 0.5) is 0 Å². The van der Waals surface area contributed by atoms with Crippen LogP contribution in [0.5, 0.6) is 0 Å². The normalized spacial score (nSPS) is 16.5. The zero-order valence-corrected chi connectivity index (χ0v) is 22.7. The van der Waals surface area contributed by atoms with Crippen molar-refractivity contribution in [3.8, 4) is 11.1 Å². The predicted molar refractivity (Wildman–Crippen MR) is 148 cm³/mol. The van der Waals surface area contributed by atoms with E-state index in [1.54, 1.807) is 13.1 Å². The van der Waals surface area contributed by atoms with Crippen molar-refractivity contribution in [3.05, 3.63) is 70.6 Å². The molecule has 0 unspecified atom stereocenters. The molecular formula is C29H36N2O5S. The molecule has 1 saturated heterocycles. The summed E-state index contributed by atoms with van der Waals surface area (Å²) >= 11 is 0. The second-order valence-corrected chi connectivity index (χ2v) is 12.5. The Kier molecular flexibility index (Phi) is 8.31. The molecule has 8 heteroatoms. The number of hydrogen-bond donors (Lipinski definition) is 0. The van der Waals surface area contributed by atoms with Crippen molar-refractivity contribution in [2.45, 2.75) is 44.4 Å². The summed E-state index contributed by atoms with van der Waals surface area (Å²) in [7, 11) is -3.62. The number of ether oxygens (including phenoxy) is 1. The quantitative estimate of drug-likeness (QED) is 0.402. The average molecular weight is 525 g/mol. The van der Waals surface area contributed by atoms with Gasteiger partial charge in [-0.1, -0.05) is 37.3 Å². The first-order valence-corrected chi connectivity index (χ1v) is 14.8. The number of Topliss-reactive ketones (excluding diaryl/α,β-unsaturated/α-hetero) is 1. The first kappa shape index (κ1) is 27.2. The monoisotopic (exact) mass is 524 g/mol. The third-order valence-corrected chi connectivity index (χ3v) is 9.71. The molecule has 0 radical (unpaired) electrons. The molecule has 4 rings (SSSR count). The highest BCUT2D eigenvalue weighted by atomic mass is 32.2. The lowest BCUT2D eigenvalue weighted by atomic mass is 9.99. The van der Waals surface area contributed by atoms with E-state index in [1.807, 2.05) is 24.3 Å². The standard InChI is InChI=1S/C29H36N2O5S/c1-4-27(32)29(2,37(3,34)35)13-16-31-15-12-25-21-24(9-10-26(25)28(31)33)23-7-5-22(6-8-23)11-14-30-17-19-36-20-18-30/h5-10,12,15,21H,4,11,13-14,16-20H2,1-3H3/t29-/m1/s1. The van der Waals surface area contributed by atoms with E-state index in [9.17, 15) is 18.0 Å². The highest BCUT2D eigenvalue weighted by Crippen LogP contribution is 2.26. The zero-order valence-electron chi connectivity index (χ0n) is 21.9. The minimum absolute atomic E-state index is 0.0554. The second kappa shape index (κ2) is 11.3. The first-order valence-electron chi connectivity index (χ1n) is 12.9. The van der Waals surface area contributed by atoms with Gasteiger partial charge < -0.3 is 9.30 Å². The summed E-state index contributed by atoms with van der Waals surface area (Å²) in [5.74, 6) is -0.333. The highest BCUT2D eigenvalue weighted by Gasteiger charge is 2.41. The Morgan fingerprint density at radius 3 is 2.32 bits per heavy atom. The van der Waals surface area contributed by atoms with E-state index in [-0.39, 0.29) is 30.7 Å². The van der Waals surface area contributed by atoms with Crippen LogP contribution in [0.1, 0.15) is 32.3 Å². The Labute approximate surface area is 219 Å². The van der Waals surface area contributed by atoms with Crippen LogP contribution in [0.3, 0.4) is 0 Å². The summed E-state index contributed by atoms with van der Waals surface area (Å²) in [4.78, 5) is 28.0. The van der Waals surface area contributed by atoms with Crippen LogP contribution < -0.4 is 5.56 Å². The van der Waals surface area contributed by atoms with E-state index in [0.717, 1.165) is 62.0 Å². The SMILES string of the molecule is CCC(=O)[C@@](C)(CCn1ccc2cc(-c3ccc(CCN4CCOCC4)cc3)ccc2c1=O)S(C)(=O)=O. The van der Waals surface area contributed by atoms with E-state index < -0.39 is 14.6 Å². The summed E-state index contributed by atoms with van der Waals surface area (Å²) in [5, 5.41) is 1.39. The molecule has 2 heterocycles. The van der Waals surface area contributed by atoms with Crippen LogP contribution in [0, 0.1) is 0 Å². The van der Waals surface area contributed by atoms with Crippen molar-refractivity contribution in [2.24, 2.45) is 0 Å². The van der Waals surface area contributed by atoms with Gasteiger partial charge in [0, 0.05) is 50.4 Å². The van der Waals surface area contributed by atoms with Gasteiger partial charge in [-0.15, -0.1) is 0 Å². The van der Waals surface area contributed by atoms with Crippen molar-refractivity contribution in [1.29, 1.82) is 0 Å². The van der Waals surface area contributed by atoms with Crippen molar-refractivity contribution in [1.82, 2.24) is 9.47 Å². The number of morpholine rings is 1. The van der Waals surface area contributed by atoms with Crippen molar-refractivity contribution >= 4 is 26.4 Å². The molecular weight excluding hydrogens is 488 g/mol. The maximum atomic E-state index is 13.1. The Morgan fingerprint density at radius 2 is 1.68 bits per heavy atom. The van der Waals surface area contributed by atoms with Gasteiger partial charge in [0.05, 0.1) is 13.2 Å². The van der Waals surface area contributed by atoms with Gasteiger partial charge in [0.2, 0.25) is 0 Å². The largest absolute Gasteiger partial charge is 0.379 e. The van der Waals surface area contributed by atoms with Crippen LogP contribution in [0.25, 0.3) is 21.9 Å². The third-order valence-electron chi connectivity index (χ3n) is 7.64. The number of aromatic nitrogens is 1. The van der Waals surface area contributed by atoms with Gasteiger partial charge in [0.1, 0.15) is 4.75 Å². The van der Waals surface area contributed by atoms with Crippen LogP contribution in [0.15, 0.2) is 59.5 Å². The smallest absolute Gasteiger partial charge is 0.258 e. The molecule has 0 saturated carbocycles. The third kappa shape index (κ3) is 6.03. The van der Waals surface area contributed by atoms with E-state index in [4.69, 9.17) is 4.74 Å². The molecule has 0 N–H and O–H groups in total. The molecule has 0 aliphatic carbocycles. The van der Waals surface area contributed by atoms with E-state index >= 15 is 0 Å². The number of sulfone groups is 1. The number of carbonyl (C=O) groups excluding carboxylic acids is 1. The van der Waals surface area contributed by atoms with Gasteiger partial charge in [-0.05, 0) is 60.0 Å². The average Bonchev–Trinajstić information content (AvgIpc) is 2.91. The summed E-state index contributed by atoms with van der Waals surface area (Å²) in [5.41, 5.74) is 3.22. The molecule has 1 atom stereocenters. The Morgan fingerprint density at radius 1 is 1.00 bits per heavy atom. The van der Waals surface area contributed by atoms with Crippen molar-refractivity contribution in [3.63, 3.8) is 0 Å². The van der Waals surface area contributed by atoms with Crippen LogP contribution in [0.2, 0.25) is 0 Å². The lowest BCUT2D eigenvalue weighted by Crippen LogP contribution is -2.44. The van der Waals surface area contributed by atoms with Crippen LogP contribution >= 0.6 is 0 Å². The molecule has 1 aromatic heterocycles. The highest BCUT2D eigenvalue weighted by molar-refractivity contribution is 7.92. The fourth-order valence-electron chi connectivity index (χ4n) is 4.86. The topological polar surface area (TPSA) is 85.7 Å². The molecule has 0 bridgehead atoms. The van der Waals surface area contributed by atoms with Gasteiger partial charge in [-0.25, -0.2) is 8.42 Å².